The molecule has 2 aromatic heterocycles. The lowest BCUT2D eigenvalue weighted by Crippen LogP contribution is -2.16. The average Bonchev–Trinajstić information content (AvgIpc) is 3.20. The Balaban J connectivity index is 1.86. The second-order valence-corrected chi connectivity index (χ2v) is 7.03. The van der Waals surface area contributed by atoms with Gasteiger partial charge in [0.2, 0.25) is 0 Å². The van der Waals surface area contributed by atoms with Crippen molar-refractivity contribution in [3.8, 4) is 0 Å². The molecule has 2 heterocycles. The van der Waals surface area contributed by atoms with Crippen molar-refractivity contribution in [3.05, 3.63) is 52.3 Å². The van der Waals surface area contributed by atoms with E-state index >= 15 is 0 Å². The highest BCUT2D eigenvalue weighted by Crippen LogP contribution is 2.32. The molecule has 5 nitrogen and oxygen atoms in total. The zero-order valence-corrected chi connectivity index (χ0v) is 15.0. The SMILES string of the molecule is CC(C)n1ncc2c(C(=O)Nc3ccccc3Cl)c3c(nc21)CCC3. The van der Waals surface area contributed by atoms with Crippen molar-refractivity contribution in [2.45, 2.75) is 39.2 Å². The predicted molar refractivity (Wildman–Crippen MR) is 99.3 cm³/mol. The van der Waals surface area contributed by atoms with Gasteiger partial charge in [-0.25, -0.2) is 9.67 Å². The third kappa shape index (κ3) is 2.68. The Labute approximate surface area is 151 Å². The van der Waals surface area contributed by atoms with Gasteiger partial charge in [0.15, 0.2) is 5.65 Å². The first-order valence-corrected chi connectivity index (χ1v) is 8.89. The smallest absolute Gasteiger partial charge is 0.256 e. The van der Waals surface area contributed by atoms with Crippen molar-refractivity contribution >= 4 is 34.2 Å². The predicted octanol–water partition coefficient (Wildman–Crippen LogP) is 4.41. The van der Waals surface area contributed by atoms with Crippen LogP contribution >= 0.6 is 11.6 Å². The Morgan fingerprint density at radius 3 is 2.84 bits per heavy atom. The quantitative estimate of drug-likeness (QED) is 0.758. The van der Waals surface area contributed by atoms with Gasteiger partial charge in [-0.3, -0.25) is 4.79 Å². The maximum absolute atomic E-state index is 13.1. The molecule has 0 spiro atoms. The van der Waals surface area contributed by atoms with Crippen LogP contribution in [0.2, 0.25) is 5.02 Å². The molecule has 1 N–H and O–H groups in total. The van der Waals surface area contributed by atoms with E-state index in [0.717, 1.165) is 41.6 Å². The van der Waals surface area contributed by atoms with Crippen LogP contribution in [0.5, 0.6) is 0 Å². The van der Waals surface area contributed by atoms with E-state index in [0.29, 0.717) is 16.3 Å². The van der Waals surface area contributed by atoms with E-state index in [1.807, 2.05) is 16.8 Å². The number of nitrogens with zero attached hydrogens (tertiary/aromatic N) is 3. The molecule has 0 fully saturated rings. The van der Waals surface area contributed by atoms with Gasteiger partial charge in [0.05, 0.1) is 27.9 Å². The lowest BCUT2D eigenvalue weighted by molar-refractivity contribution is 0.102. The summed E-state index contributed by atoms with van der Waals surface area (Å²) in [6, 6.07) is 7.44. The number of aromatic nitrogens is 3. The number of nitrogens with one attached hydrogen (secondary N) is 1. The highest BCUT2D eigenvalue weighted by Gasteiger charge is 2.26. The van der Waals surface area contributed by atoms with Crippen molar-refractivity contribution in [1.82, 2.24) is 14.8 Å². The van der Waals surface area contributed by atoms with Gasteiger partial charge in [0, 0.05) is 11.7 Å². The van der Waals surface area contributed by atoms with Crippen molar-refractivity contribution in [1.29, 1.82) is 0 Å². The lowest BCUT2D eigenvalue weighted by atomic mass is 10.0. The van der Waals surface area contributed by atoms with Gasteiger partial charge >= 0.3 is 0 Å². The first kappa shape index (κ1) is 16.1. The molecule has 0 unspecified atom stereocenters. The zero-order valence-electron chi connectivity index (χ0n) is 14.2. The van der Waals surface area contributed by atoms with Crippen LogP contribution in [0.25, 0.3) is 11.0 Å². The van der Waals surface area contributed by atoms with E-state index in [1.165, 1.54) is 0 Å². The molecule has 128 valence electrons. The van der Waals surface area contributed by atoms with E-state index in [-0.39, 0.29) is 11.9 Å². The molecule has 25 heavy (non-hydrogen) atoms. The molecule has 0 saturated carbocycles. The molecule has 0 atom stereocenters. The number of hydrogen-bond donors (Lipinski definition) is 1. The molecular formula is C19H19ClN4O. The van der Waals surface area contributed by atoms with Crippen LogP contribution in [-0.2, 0) is 12.8 Å². The van der Waals surface area contributed by atoms with Crippen molar-refractivity contribution in [2.75, 3.05) is 5.32 Å². The standard InChI is InChI=1S/C19H19ClN4O/c1-11(2)24-18-13(10-21-24)17(12-6-5-9-15(12)22-18)19(25)23-16-8-4-3-7-14(16)20/h3-4,7-8,10-11H,5-6,9H2,1-2H3,(H,23,25). The highest BCUT2D eigenvalue weighted by atomic mass is 35.5. The largest absolute Gasteiger partial charge is 0.321 e. The number of aryl methyl sites for hydroxylation is 1. The Morgan fingerprint density at radius 1 is 1.28 bits per heavy atom. The van der Waals surface area contributed by atoms with Crippen LogP contribution in [0.3, 0.4) is 0 Å². The van der Waals surface area contributed by atoms with Crippen molar-refractivity contribution < 1.29 is 4.79 Å². The van der Waals surface area contributed by atoms with E-state index in [9.17, 15) is 4.79 Å². The molecule has 0 radical (unpaired) electrons. The maximum atomic E-state index is 13.1. The number of pyridine rings is 1. The number of fused-ring (bicyclic) bond motifs is 2. The number of carbonyl (C=O) groups excluding carboxylic acids is 1. The number of carbonyl (C=O) groups is 1. The number of halogens is 1. The summed E-state index contributed by atoms with van der Waals surface area (Å²) in [5.41, 5.74) is 4.13. The van der Waals surface area contributed by atoms with Gasteiger partial charge < -0.3 is 5.32 Å². The number of amides is 1. The summed E-state index contributed by atoms with van der Waals surface area (Å²) in [4.78, 5) is 17.9. The summed E-state index contributed by atoms with van der Waals surface area (Å²) in [5.74, 6) is -0.151. The van der Waals surface area contributed by atoms with E-state index in [2.05, 4.69) is 24.3 Å². The molecule has 1 aromatic carbocycles. The third-order valence-corrected chi connectivity index (χ3v) is 4.94. The normalized spacial score (nSPS) is 13.4. The summed E-state index contributed by atoms with van der Waals surface area (Å²) in [6.45, 7) is 4.12. The highest BCUT2D eigenvalue weighted by molar-refractivity contribution is 6.34. The number of anilines is 1. The minimum absolute atomic E-state index is 0.151. The van der Waals surface area contributed by atoms with E-state index in [1.54, 1.807) is 18.3 Å². The first-order valence-electron chi connectivity index (χ1n) is 8.51. The fourth-order valence-electron chi connectivity index (χ4n) is 3.44. The minimum Gasteiger partial charge on any atom is -0.321 e. The lowest BCUT2D eigenvalue weighted by Gasteiger charge is -2.13. The number of rotatable bonds is 3. The molecule has 0 aliphatic heterocycles. The second kappa shape index (κ2) is 6.15. The van der Waals surface area contributed by atoms with Crippen LogP contribution < -0.4 is 5.32 Å². The van der Waals surface area contributed by atoms with Gasteiger partial charge in [-0.1, -0.05) is 23.7 Å². The van der Waals surface area contributed by atoms with E-state index in [4.69, 9.17) is 16.6 Å². The fraction of sp³-hybridized carbons (Fsp3) is 0.316. The zero-order chi connectivity index (χ0) is 17.6. The minimum atomic E-state index is -0.151. The van der Waals surface area contributed by atoms with Crippen molar-refractivity contribution in [2.24, 2.45) is 0 Å². The van der Waals surface area contributed by atoms with Crippen LogP contribution in [0.1, 0.15) is 47.9 Å². The topological polar surface area (TPSA) is 59.8 Å². The maximum Gasteiger partial charge on any atom is 0.256 e. The van der Waals surface area contributed by atoms with Gasteiger partial charge in [0.25, 0.3) is 5.91 Å². The van der Waals surface area contributed by atoms with Gasteiger partial charge in [-0.2, -0.15) is 5.10 Å². The van der Waals surface area contributed by atoms with Crippen LogP contribution in [0.4, 0.5) is 5.69 Å². The van der Waals surface area contributed by atoms with Crippen LogP contribution in [0, 0.1) is 0 Å². The first-order chi connectivity index (χ1) is 12.1. The second-order valence-electron chi connectivity index (χ2n) is 6.62. The monoisotopic (exact) mass is 354 g/mol. The molecule has 1 amide bonds. The van der Waals surface area contributed by atoms with Crippen LogP contribution in [-0.4, -0.2) is 20.7 Å². The van der Waals surface area contributed by atoms with Crippen molar-refractivity contribution in [3.63, 3.8) is 0 Å². The molecule has 4 rings (SSSR count). The molecule has 3 aromatic rings. The van der Waals surface area contributed by atoms with Gasteiger partial charge in [-0.15, -0.1) is 0 Å². The molecule has 1 aliphatic carbocycles. The summed E-state index contributed by atoms with van der Waals surface area (Å²) in [6.07, 6.45) is 4.55. The molecule has 0 bridgehead atoms. The summed E-state index contributed by atoms with van der Waals surface area (Å²) in [5, 5.41) is 8.73. The molecule has 0 saturated heterocycles. The molecule has 6 heteroatoms. The average molecular weight is 355 g/mol. The number of benzene rings is 1. The Hall–Kier alpha value is -2.40. The Morgan fingerprint density at radius 2 is 2.08 bits per heavy atom. The van der Waals surface area contributed by atoms with E-state index < -0.39 is 0 Å². The number of hydrogen-bond acceptors (Lipinski definition) is 3. The van der Waals surface area contributed by atoms with Gasteiger partial charge in [-0.05, 0) is 50.8 Å². The van der Waals surface area contributed by atoms with Gasteiger partial charge in [0.1, 0.15) is 0 Å². The summed E-state index contributed by atoms with van der Waals surface area (Å²) >= 11 is 6.19. The third-order valence-electron chi connectivity index (χ3n) is 4.61. The molecular weight excluding hydrogens is 336 g/mol. The summed E-state index contributed by atoms with van der Waals surface area (Å²) < 4.78 is 1.88. The Bertz CT molecular complexity index is 977. The van der Waals surface area contributed by atoms with Crippen LogP contribution in [0.15, 0.2) is 30.5 Å². The summed E-state index contributed by atoms with van der Waals surface area (Å²) in [7, 11) is 0. The number of para-hydroxylation sites is 1. The Kier molecular flexibility index (Phi) is 3.96. The fourth-order valence-corrected chi connectivity index (χ4v) is 3.62. The molecule has 1 aliphatic rings.